The summed E-state index contributed by atoms with van der Waals surface area (Å²) < 4.78 is 26.7. The quantitative estimate of drug-likeness (QED) is 0.805. The molecule has 7 heteroatoms. The Labute approximate surface area is 140 Å². The van der Waals surface area contributed by atoms with E-state index < -0.39 is 10.0 Å². The molecule has 2 heterocycles. The second-order valence-electron chi connectivity index (χ2n) is 6.27. The molecule has 0 aliphatic carbocycles. The Bertz CT molecular complexity index is 739. The van der Waals surface area contributed by atoms with Crippen molar-refractivity contribution in [1.82, 2.24) is 9.29 Å². The summed E-state index contributed by atoms with van der Waals surface area (Å²) >= 11 is 2.82. The molecule has 0 aliphatic heterocycles. The Hall–Kier alpha value is -0.760. The Morgan fingerprint density at radius 2 is 1.91 bits per heavy atom. The van der Waals surface area contributed by atoms with Gasteiger partial charge < -0.3 is 0 Å². The summed E-state index contributed by atoms with van der Waals surface area (Å²) in [6.45, 7) is 8.86. The largest absolute Gasteiger partial charge is 0.252 e. The smallest absolute Gasteiger partial charge is 0.241 e. The van der Waals surface area contributed by atoms with Crippen molar-refractivity contribution < 1.29 is 8.42 Å². The zero-order valence-electron chi connectivity index (χ0n) is 13.6. The van der Waals surface area contributed by atoms with E-state index in [-0.39, 0.29) is 5.41 Å². The van der Waals surface area contributed by atoms with Crippen LogP contribution < -0.4 is 0 Å². The highest BCUT2D eigenvalue weighted by atomic mass is 32.2. The van der Waals surface area contributed by atoms with Crippen LogP contribution in [0.25, 0.3) is 10.6 Å². The molecule has 0 spiro atoms. The lowest BCUT2D eigenvalue weighted by molar-refractivity contribution is 0.470. The fourth-order valence-electron chi connectivity index (χ4n) is 1.90. The first-order valence-corrected chi connectivity index (χ1v) is 10.4. The Morgan fingerprint density at radius 1 is 1.23 bits per heavy atom. The molecule has 0 aliphatic rings. The van der Waals surface area contributed by atoms with Gasteiger partial charge in [-0.15, -0.1) is 22.7 Å². The van der Waals surface area contributed by atoms with Crippen molar-refractivity contribution in [2.45, 2.75) is 43.7 Å². The lowest BCUT2D eigenvalue weighted by Crippen LogP contribution is -2.26. The van der Waals surface area contributed by atoms with Crippen molar-refractivity contribution in [3.8, 4) is 10.6 Å². The molecule has 0 unspecified atom stereocenters. The summed E-state index contributed by atoms with van der Waals surface area (Å²) in [6, 6.07) is 1.73. The van der Waals surface area contributed by atoms with E-state index in [9.17, 15) is 8.42 Å². The van der Waals surface area contributed by atoms with E-state index in [0.29, 0.717) is 10.8 Å². The van der Waals surface area contributed by atoms with E-state index in [4.69, 9.17) is 0 Å². The van der Waals surface area contributed by atoms with Gasteiger partial charge in [0.25, 0.3) is 10.0 Å². The molecule has 0 saturated heterocycles. The topological polar surface area (TPSA) is 50.3 Å². The van der Waals surface area contributed by atoms with Crippen LogP contribution in [0.3, 0.4) is 0 Å². The lowest BCUT2D eigenvalue weighted by atomic mass is 9.93. The van der Waals surface area contributed by atoms with Crippen molar-refractivity contribution in [2.24, 2.45) is 0 Å². The normalized spacial score (nSPS) is 13.0. The lowest BCUT2D eigenvalue weighted by Gasteiger charge is -2.14. The number of rotatable bonds is 5. The van der Waals surface area contributed by atoms with Crippen molar-refractivity contribution in [1.29, 1.82) is 0 Å². The van der Waals surface area contributed by atoms with Crippen molar-refractivity contribution in [3.05, 3.63) is 22.5 Å². The van der Waals surface area contributed by atoms with Gasteiger partial charge >= 0.3 is 0 Å². The monoisotopic (exact) mass is 358 g/mol. The predicted molar refractivity (Wildman–Crippen MR) is 94.2 cm³/mol. The van der Waals surface area contributed by atoms with E-state index in [1.165, 1.54) is 15.6 Å². The third-order valence-electron chi connectivity index (χ3n) is 3.30. The van der Waals surface area contributed by atoms with E-state index in [1.807, 2.05) is 17.7 Å². The molecule has 0 fully saturated rings. The zero-order chi connectivity index (χ0) is 16.5. The summed E-state index contributed by atoms with van der Waals surface area (Å²) in [5, 5.41) is 4.79. The molecule has 122 valence electrons. The summed E-state index contributed by atoms with van der Waals surface area (Å²) in [5.41, 5.74) is 1.92. The molecular weight excluding hydrogens is 336 g/mol. The standard InChI is InChI=1S/C15H22N2O2S3/c1-6-7-17(5)22(18,19)13-8-11(9-20-13)14-16-12(10-21-14)15(2,3)4/h8-10H,6-7H2,1-5H3. The fourth-order valence-corrected chi connectivity index (χ4v) is 5.65. The molecule has 0 amide bonds. The van der Waals surface area contributed by atoms with E-state index in [2.05, 4.69) is 25.8 Å². The number of thiophene rings is 1. The van der Waals surface area contributed by atoms with Gasteiger partial charge in [-0.2, -0.15) is 0 Å². The summed E-state index contributed by atoms with van der Waals surface area (Å²) in [4.78, 5) is 4.65. The van der Waals surface area contributed by atoms with Crippen LogP contribution in [-0.2, 0) is 15.4 Å². The third kappa shape index (κ3) is 3.59. The number of hydrogen-bond donors (Lipinski definition) is 0. The van der Waals surface area contributed by atoms with Crippen LogP contribution >= 0.6 is 22.7 Å². The molecule has 0 atom stereocenters. The average molecular weight is 359 g/mol. The molecule has 22 heavy (non-hydrogen) atoms. The number of aromatic nitrogens is 1. The molecule has 0 aromatic carbocycles. The first-order chi connectivity index (χ1) is 10.2. The Kier molecular flexibility index (Phi) is 5.11. The maximum Gasteiger partial charge on any atom is 0.252 e. The van der Waals surface area contributed by atoms with Crippen molar-refractivity contribution in [3.63, 3.8) is 0 Å². The number of thiazole rings is 1. The van der Waals surface area contributed by atoms with Crippen LogP contribution in [0.5, 0.6) is 0 Å². The van der Waals surface area contributed by atoms with Crippen LogP contribution in [0.15, 0.2) is 21.0 Å². The van der Waals surface area contributed by atoms with Gasteiger partial charge in [-0.25, -0.2) is 17.7 Å². The van der Waals surface area contributed by atoms with Crippen LogP contribution in [0.1, 0.15) is 39.8 Å². The predicted octanol–water partition coefficient (Wildman–Crippen LogP) is 4.20. The van der Waals surface area contributed by atoms with Crippen LogP contribution in [0, 0.1) is 0 Å². The molecule has 4 nitrogen and oxygen atoms in total. The van der Waals surface area contributed by atoms with Crippen LogP contribution in [-0.4, -0.2) is 31.3 Å². The highest BCUT2D eigenvalue weighted by Crippen LogP contribution is 2.34. The molecule has 0 radical (unpaired) electrons. The molecule has 0 N–H and O–H groups in total. The van der Waals surface area contributed by atoms with Gasteiger partial charge in [-0.3, -0.25) is 0 Å². The Balaban J connectivity index is 2.31. The number of nitrogens with zero attached hydrogens (tertiary/aromatic N) is 2. The second-order valence-corrected chi connectivity index (χ2v) is 10.3. The minimum atomic E-state index is -3.38. The van der Waals surface area contributed by atoms with E-state index in [0.717, 1.165) is 22.7 Å². The van der Waals surface area contributed by atoms with Gasteiger partial charge in [0, 0.05) is 35.3 Å². The van der Waals surface area contributed by atoms with Gasteiger partial charge in [0.15, 0.2) is 0 Å². The van der Waals surface area contributed by atoms with Gasteiger partial charge in [0.2, 0.25) is 0 Å². The summed E-state index contributed by atoms with van der Waals surface area (Å²) in [6.07, 6.45) is 0.801. The van der Waals surface area contributed by atoms with Crippen LogP contribution in [0.2, 0.25) is 0 Å². The number of sulfonamides is 1. The minimum Gasteiger partial charge on any atom is -0.241 e. The Morgan fingerprint density at radius 3 is 2.45 bits per heavy atom. The van der Waals surface area contributed by atoms with E-state index in [1.54, 1.807) is 24.5 Å². The highest BCUT2D eigenvalue weighted by Gasteiger charge is 2.24. The van der Waals surface area contributed by atoms with E-state index >= 15 is 0 Å². The maximum absolute atomic E-state index is 12.5. The third-order valence-corrected chi connectivity index (χ3v) is 7.46. The van der Waals surface area contributed by atoms with Gasteiger partial charge in [0.05, 0.1) is 5.69 Å². The molecule has 0 saturated carbocycles. The SMILES string of the molecule is CCCN(C)S(=O)(=O)c1cc(-c2nc(C(C)(C)C)cs2)cs1. The van der Waals surface area contributed by atoms with Gasteiger partial charge in [-0.05, 0) is 12.5 Å². The minimum absolute atomic E-state index is 0.00101. The maximum atomic E-state index is 12.5. The summed E-state index contributed by atoms with van der Waals surface area (Å²) in [7, 11) is -1.76. The fraction of sp³-hybridized carbons (Fsp3) is 0.533. The second kappa shape index (κ2) is 6.39. The summed E-state index contributed by atoms with van der Waals surface area (Å²) in [5.74, 6) is 0. The zero-order valence-corrected chi connectivity index (χ0v) is 16.0. The molecule has 2 aromatic rings. The first kappa shape index (κ1) is 17.6. The van der Waals surface area contributed by atoms with Gasteiger partial charge in [0.1, 0.15) is 9.22 Å². The number of hydrogen-bond acceptors (Lipinski definition) is 5. The first-order valence-electron chi connectivity index (χ1n) is 7.17. The van der Waals surface area contributed by atoms with Crippen molar-refractivity contribution >= 4 is 32.7 Å². The van der Waals surface area contributed by atoms with Gasteiger partial charge in [-0.1, -0.05) is 27.7 Å². The molecule has 0 bridgehead atoms. The van der Waals surface area contributed by atoms with Crippen molar-refractivity contribution in [2.75, 3.05) is 13.6 Å². The molecule has 2 aromatic heterocycles. The average Bonchev–Trinajstić information content (AvgIpc) is 3.07. The molecule has 2 rings (SSSR count). The molecular formula is C15H22N2O2S3. The highest BCUT2D eigenvalue weighted by molar-refractivity contribution is 7.91. The van der Waals surface area contributed by atoms with Crippen LogP contribution in [0.4, 0.5) is 0 Å².